The molecule has 2 rings (SSSR count). The van der Waals surface area contributed by atoms with Crippen molar-refractivity contribution in [2.75, 3.05) is 17.1 Å². The maximum atomic E-state index is 13.3. The molecular formula is C25H33ClFN3O4S. The summed E-state index contributed by atoms with van der Waals surface area (Å²) in [5, 5.41) is 3.36. The molecule has 0 aromatic heterocycles. The van der Waals surface area contributed by atoms with E-state index in [0.717, 1.165) is 10.6 Å². The molecule has 2 aromatic carbocycles. The molecule has 0 saturated carbocycles. The third-order valence-corrected chi connectivity index (χ3v) is 6.94. The van der Waals surface area contributed by atoms with E-state index in [4.69, 9.17) is 11.6 Å². The Hall–Kier alpha value is -2.65. The van der Waals surface area contributed by atoms with Gasteiger partial charge in [-0.15, -0.1) is 0 Å². The Labute approximate surface area is 212 Å². The Morgan fingerprint density at radius 1 is 1.09 bits per heavy atom. The van der Waals surface area contributed by atoms with Crippen molar-refractivity contribution in [2.45, 2.75) is 58.7 Å². The van der Waals surface area contributed by atoms with Crippen LogP contribution in [0.5, 0.6) is 0 Å². The summed E-state index contributed by atoms with van der Waals surface area (Å²) in [7, 11) is -3.65. The van der Waals surface area contributed by atoms with Gasteiger partial charge in [-0.3, -0.25) is 13.9 Å². The zero-order valence-corrected chi connectivity index (χ0v) is 22.1. The predicted octanol–water partition coefficient (Wildman–Crippen LogP) is 4.36. The van der Waals surface area contributed by atoms with Gasteiger partial charge in [-0.1, -0.05) is 36.7 Å². The summed E-state index contributed by atoms with van der Waals surface area (Å²) in [5.74, 6) is -1.02. The van der Waals surface area contributed by atoms with Crippen LogP contribution in [-0.2, 0) is 26.2 Å². The van der Waals surface area contributed by atoms with Crippen LogP contribution in [-0.4, -0.2) is 50.0 Å². The number of carbonyl (C=O) groups is 2. The zero-order valence-electron chi connectivity index (χ0n) is 20.5. The van der Waals surface area contributed by atoms with Gasteiger partial charge in [0.1, 0.15) is 11.9 Å². The molecule has 0 fully saturated rings. The molecule has 2 amide bonds. The van der Waals surface area contributed by atoms with Crippen LogP contribution in [0.2, 0.25) is 5.02 Å². The SMILES string of the molecule is CC[C@@H](C(=O)NC(C)C)N(Cc1ccccc1Cl)C(=O)CCCN(c1ccc(F)cc1)S(C)(=O)=O. The molecule has 2 aromatic rings. The van der Waals surface area contributed by atoms with Gasteiger partial charge in [-0.25, -0.2) is 12.8 Å². The van der Waals surface area contributed by atoms with Crippen molar-refractivity contribution in [3.05, 3.63) is 64.9 Å². The number of carbonyl (C=O) groups excluding carboxylic acids is 2. The molecule has 0 spiro atoms. The van der Waals surface area contributed by atoms with Crippen LogP contribution in [0.4, 0.5) is 10.1 Å². The lowest BCUT2D eigenvalue weighted by atomic mass is 10.1. The second kappa shape index (κ2) is 12.9. The highest BCUT2D eigenvalue weighted by Crippen LogP contribution is 2.22. The summed E-state index contributed by atoms with van der Waals surface area (Å²) in [6, 6.07) is 11.5. The van der Waals surface area contributed by atoms with Crippen LogP contribution >= 0.6 is 11.6 Å². The van der Waals surface area contributed by atoms with Crippen LogP contribution < -0.4 is 9.62 Å². The Kier molecular flexibility index (Phi) is 10.5. The molecule has 0 heterocycles. The molecule has 0 aliphatic carbocycles. The van der Waals surface area contributed by atoms with Gasteiger partial charge < -0.3 is 10.2 Å². The Balaban J connectivity index is 2.22. The van der Waals surface area contributed by atoms with Gasteiger partial charge >= 0.3 is 0 Å². The number of nitrogens with zero attached hydrogens (tertiary/aromatic N) is 2. The first kappa shape index (κ1) is 28.6. The van der Waals surface area contributed by atoms with Crippen LogP contribution in [0.15, 0.2) is 48.5 Å². The van der Waals surface area contributed by atoms with Crippen LogP contribution in [0.1, 0.15) is 45.6 Å². The number of hydrogen-bond donors (Lipinski definition) is 1. The number of benzene rings is 2. The number of nitrogens with one attached hydrogen (secondary N) is 1. The molecule has 10 heteroatoms. The number of sulfonamides is 1. The summed E-state index contributed by atoms with van der Waals surface area (Å²) >= 11 is 6.32. The van der Waals surface area contributed by atoms with Crippen molar-refractivity contribution in [2.24, 2.45) is 0 Å². The first-order chi connectivity index (χ1) is 16.4. The van der Waals surface area contributed by atoms with Gasteiger partial charge in [0.05, 0.1) is 11.9 Å². The van der Waals surface area contributed by atoms with Crippen molar-refractivity contribution >= 4 is 39.1 Å². The first-order valence-corrected chi connectivity index (χ1v) is 13.7. The minimum Gasteiger partial charge on any atom is -0.352 e. The van der Waals surface area contributed by atoms with E-state index in [1.165, 1.54) is 29.2 Å². The van der Waals surface area contributed by atoms with E-state index in [1.807, 2.05) is 26.8 Å². The van der Waals surface area contributed by atoms with E-state index in [2.05, 4.69) is 5.32 Å². The first-order valence-electron chi connectivity index (χ1n) is 11.5. The van der Waals surface area contributed by atoms with Crippen LogP contribution in [0.25, 0.3) is 0 Å². The maximum Gasteiger partial charge on any atom is 0.243 e. The molecule has 7 nitrogen and oxygen atoms in total. The van der Waals surface area contributed by atoms with Gasteiger partial charge in [0.15, 0.2) is 0 Å². The minimum atomic E-state index is -3.65. The fourth-order valence-electron chi connectivity index (χ4n) is 3.72. The van der Waals surface area contributed by atoms with Gasteiger partial charge in [0.2, 0.25) is 21.8 Å². The highest BCUT2D eigenvalue weighted by atomic mass is 35.5. The molecule has 0 unspecified atom stereocenters. The molecule has 0 saturated heterocycles. The van der Waals surface area contributed by atoms with Crippen molar-refractivity contribution in [3.63, 3.8) is 0 Å². The summed E-state index contributed by atoms with van der Waals surface area (Å²) in [4.78, 5) is 27.7. The lowest BCUT2D eigenvalue weighted by Gasteiger charge is -2.32. The summed E-state index contributed by atoms with van der Waals surface area (Å²) in [6.45, 7) is 5.71. The average molecular weight is 526 g/mol. The largest absolute Gasteiger partial charge is 0.352 e. The van der Waals surface area contributed by atoms with Crippen molar-refractivity contribution in [1.82, 2.24) is 10.2 Å². The smallest absolute Gasteiger partial charge is 0.243 e. The number of anilines is 1. The molecule has 0 radical (unpaired) electrons. The quantitative estimate of drug-likeness (QED) is 0.446. The molecule has 0 aliphatic heterocycles. The number of rotatable bonds is 12. The Morgan fingerprint density at radius 2 is 1.71 bits per heavy atom. The molecule has 1 atom stereocenters. The van der Waals surface area contributed by atoms with Crippen LogP contribution in [0, 0.1) is 5.82 Å². The fourth-order valence-corrected chi connectivity index (χ4v) is 4.88. The topological polar surface area (TPSA) is 86.8 Å². The van der Waals surface area contributed by atoms with Crippen molar-refractivity contribution in [1.29, 1.82) is 0 Å². The van der Waals surface area contributed by atoms with E-state index in [1.54, 1.807) is 18.2 Å². The van der Waals surface area contributed by atoms with E-state index in [-0.39, 0.29) is 43.8 Å². The van der Waals surface area contributed by atoms with Gasteiger partial charge in [0, 0.05) is 30.6 Å². The van der Waals surface area contributed by atoms with Gasteiger partial charge in [0.25, 0.3) is 0 Å². The molecule has 0 bridgehead atoms. The van der Waals surface area contributed by atoms with E-state index in [0.29, 0.717) is 22.7 Å². The Bertz CT molecular complexity index is 1110. The molecule has 35 heavy (non-hydrogen) atoms. The third-order valence-electron chi connectivity index (χ3n) is 5.38. The van der Waals surface area contributed by atoms with E-state index >= 15 is 0 Å². The monoisotopic (exact) mass is 525 g/mol. The second-order valence-electron chi connectivity index (χ2n) is 8.62. The second-order valence-corrected chi connectivity index (χ2v) is 10.9. The number of amides is 2. The summed E-state index contributed by atoms with van der Waals surface area (Å²) < 4.78 is 39.1. The lowest BCUT2D eigenvalue weighted by Crippen LogP contribution is -2.50. The minimum absolute atomic E-state index is 0.0170. The molecule has 0 aliphatic rings. The molecular weight excluding hydrogens is 493 g/mol. The van der Waals surface area contributed by atoms with Crippen LogP contribution in [0.3, 0.4) is 0 Å². The van der Waals surface area contributed by atoms with E-state index < -0.39 is 21.9 Å². The fraction of sp³-hybridized carbons (Fsp3) is 0.440. The standard InChI is InChI=1S/C25H33ClFN3O4S/c1-5-23(25(32)28-18(2)3)29(17-19-9-6-7-10-22(19)26)24(31)11-8-16-30(35(4,33)34)21-14-12-20(27)13-15-21/h6-7,9-10,12-15,18,23H,5,8,11,16-17H2,1-4H3,(H,28,32)/t23-/m0/s1. The van der Waals surface area contributed by atoms with Gasteiger partial charge in [-0.05, 0) is 62.6 Å². The normalized spacial score (nSPS) is 12.3. The zero-order chi connectivity index (χ0) is 26.2. The summed E-state index contributed by atoms with van der Waals surface area (Å²) in [5.41, 5.74) is 1.03. The average Bonchev–Trinajstić information content (AvgIpc) is 2.77. The summed E-state index contributed by atoms with van der Waals surface area (Å²) in [6.07, 6.45) is 1.69. The molecule has 1 N–H and O–H groups in total. The van der Waals surface area contributed by atoms with Crippen molar-refractivity contribution < 1.29 is 22.4 Å². The maximum absolute atomic E-state index is 13.3. The Morgan fingerprint density at radius 3 is 2.26 bits per heavy atom. The van der Waals surface area contributed by atoms with E-state index in [9.17, 15) is 22.4 Å². The van der Waals surface area contributed by atoms with Gasteiger partial charge in [-0.2, -0.15) is 0 Å². The van der Waals surface area contributed by atoms with Crippen molar-refractivity contribution in [3.8, 4) is 0 Å². The predicted molar refractivity (Wildman–Crippen MR) is 137 cm³/mol. The highest BCUT2D eigenvalue weighted by molar-refractivity contribution is 7.92. The lowest BCUT2D eigenvalue weighted by molar-refractivity contribution is -0.141. The number of hydrogen-bond acceptors (Lipinski definition) is 4. The number of halogens is 2. The molecule has 192 valence electrons. The third kappa shape index (κ3) is 8.50. The highest BCUT2D eigenvalue weighted by Gasteiger charge is 2.29.